The fraction of sp³-hybridized carbons (Fsp3) is 0.767. The zero-order chi connectivity index (χ0) is 30.4. The van der Waals surface area contributed by atoms with E-state index in [1.807, 2.05) is 19.1 Å². The van der Waals surface area contributed by atoms with Crippen molar-refractivity contribution in [3.8, 4) is 0 Å². The van der Waals surface area contributed by atoms with Crippen molar-refractivity contribution < 1.29 is 44.3 Å². The van der Waals surface area contributed by atoms with Crippen LogP contribution in [0.2, 0.25) is 0 Å². The molecule has 2 amide bonds. The third-order valence-corrected chi connectivity index (χ3v) is 7.85. The number of amides is 2. The molecule has 2 saturated heterocycles. The Morgan fingerprint density at radius 2 is 1.83 bits per heavy atom. The van der Waals surface area contributed by atoms with E-state index < -0.39 is 42.5 Å². The molecule has 2 aliphatic heterocycles. The summed E-state index contributed by atoms with van der Waals surface area (Å²) in [5.74, 6) is -1.23. The lowest BCUT2D eigenvalue weighted by atomic mass is 9.86. The number of carbonyl (C=O) groups excluding carboxylic acids is 3. The van der Waals surface area contributed by atoms with Gasteiger partial charge in [-0.3, -0.25) is 9.59 Å². The number of piperidine rings is 1. The van der Waals surface area contributed by atoms with Crippen molar-refractivity contribution >= 4 is 17.8 Å². The van der Waals surface area contributed by atoms with Crippen LogP contribution < -0.4 is 10.6 Å². The molecule has 0 unspecified atom stereocenters. The fourth-order valence-electron chi connectivity index (χ4n) is 4.86. The average molecular weight is 583 g/mol. The van der Waals surface area contributed by atoms with Crippen LogP contribution in [0.1, 0.15) is 78.6 Å². The van der Waals surface area contributed by atoms with Crippen molar-refractivity contribution in [1.29, 1.82) is 0 Å². The second-order valence-electron chi connectivity index (χ2n) is 11.4. The second-order valence-corrected chi connectivity index (χ2v) is 11.4. The maximum absolute atomic E-state index is 12.2. The van der Waals surface area contributed by atoms with E-state index in [-0.39, 0.29) is 42.4 Å². The summed E-state index contributed by atoms with van der Waals surface area (Å²) in [6.45, 7) is 6.13. The van der Waals surface area contributed by atoms with E-state index in [0.717, 1.165) is 32.1 Å². The van der Waals surface area contributed by atoms with Gasteiger partial charge in [-0.15, -0.1) is 0 Å². The molecule has 0 aliphatic carbocycles. The average Bonchev–Trinajstić information content (AvgIpc) is 2.93. The number of aliphatic hydroxyl groups is 4. The number of unbranched alkanes of at least 4 members (excludes halogenated alkanes) is 4. The highest BCUT2D eigenvalue weighted by Crippen LogP contribution is 2.27. The van der Waals surface area contributed by atoms with Gasteiger partial charge < -0.3 is 40.5 Å². The Hall–Kier alpha value is -2.31. The van der Waals surface area contributed by atoms with Crippen LogP contribution >= 0.6 is 0 Å². The van der Waals surface area contributed by atoms with Crippen molar-refractivity contribution in [2.75, 3.05) is 19.8 Å². The van der Waals surface area contributed by atoms with Crippen LogP contribution in [-0.2, 0) is 23.9 Å². The standard InChI is InChI=1S/C30H50N2O9/c1-19(21(3)33)11-9-12-22-18-41-29(28(38)27(22)37)26(36)20(2)17-25(35)40-16-8-6-4-5-7-14-24(34)32-23-13-10-15-31-30(23)39/h9,11,17,19,21-23,26-29,33,36-38H,4-8,10,12-16,18H2,1-3H3,(H,31,39)(H,32,34)/b11-9+,20-17+/t19-,21+,22+,23+,26-,27-,28-,29+/m1/s1. The van der Waals surface area contributed by atoms with Crippen LogP contribution in [0.4, 0.5) is 0 Å². The minimum atomic E-state index is -1.33. The quantitative estimate of drug-likeness (QED) is 0.0678. The predicted octanol–water partition coefficient (Wildman–Crippen LogP) is 1.27. The van der Waals surface area contributed by atoms with Gasteiger partial charge in [0.1, 0.15) is 24.4 Å². The van der Waals surface area contributed by atoms with Crippen molar-refractivity contribution in [3.05, 3.63) is 23.8 Å². The summed E-state index contributed by atoms with van der Waals surface area (Å²) in [5.41, 5.74) is 0.263. The molecule has 0 aromatic heterocycles. The van der Waals surface area contributed by atoms with E-state index in [0.29, 0.717) is 32.2 Å². The zero-order valence-corrected chi connectivity index (χ0v) is 24.7. The van der Waals surface area contributed by atoms with E-state index in [9.17, 15) is 34.8 Å². The Bertz CT molecular complexity index is 891. The molecule has 0 radical (unpaired) electrons. The minimum Gasteiger partial charge on any atom is -0.463 e. The van der Waals surface area contributed by atoms with E-state index in [4.69, 9.17) is 9.47 Å². The van der Waals surface area contributed by atoms with Crippen LogP contribution in [0.15, 0.2) is 23.8 Å². The molecule has 0 spiro atoms. The van der Waals surface area contributed by atoms with Gasteiger partial charge in [-0.2, -0.15) is 0 Å². The maximum atomic E-state index is 12.2. The molecule has 6 N–H and O–H groups in total. The number of hydrogen-bond acceptors (Lipinski definition) is 9. The lowest BCUT2D eigenvalue weighted by Gasteiger charge is -2.39. The van der Waals surface area contributed by atoms with Gasteiger partial charge in [0.2, 0.25) is 11.8 Å². The Morgan fingerprint density at radius 1 is 1.12 bits per heavy atom. The first-order chi connectivity index (χ1) is 19.5. The molecule has 11 nitrogen and oxygen atoms in total. The highest BCUT2D eigenvalue weighted by Gasteiger charge is 2.41. The predicted molar refractivity (Wildman–Crippen MR) is 152 cm³/mol. The monoisotopic (exact) mass is 582 g/mol. The summed E-state index contributed by atoms with van der Waals surface area (Å²) in [6.07, 6.45) is 5.92. The van der Waals surface area contributed by atoms with Crippen LogP contribution in [0.25, 0.3) is 0 Å². The zero-order valence-electron chi connectivity index (χ0n) is 24.7. The molecule has 0 aromatic rings. The molecule has 8 atom stereocenters. The van der Waals surface area contributed by atoms with Gasteiger partial charge in [-0.05, 0) is 57.4 Å². The summed E-state index contributed by atoms with van der Waals surface area (Å²) in [4.78, 5) is 35.9. The molecule has 0 aromatic carbocycles. The number of esters is 1. The number of allylic oxidation sites excluding steroid dienone is 1. The maximum Gasteiger partial charge on any atom is 0.330 e. The minimum absolute atomic E-state index is 0.0352. The third-order valence-electron chi connectivity index (χ3n) is 7.85. The van der Waals surface area contributed by atoms with E-state index in [2.05, 4.69) is 10.6 Å². The Kier molecular flexibility index (Phi) is 15.6. The molecule has 2 heterocycles. The first-order valence-corrected chi connectivity index (χ1v) is 14.9. The summed E-state index contributed by atoms with van der Waals surface area (Å²) in [6, 6.07) is -0.423. The molecule has 2 rings (SSSR count). The van der Waals surface area contributed by atoms with Gasteiger partial charge >= 0.3 is 5.97 Å². The van der Waals surface area contributed by atoms with Crippen LogP contribution in [0.3, 0.4) is 0 Å². The first-order valence-electron chi connectivity index (χ1n) is 14.9. The molecule has 11 heteroatoms. The van der Waals surface area contributed by atoms with Gasteiger partial charge in [0, 0.05) is 25.0 Å². The van der Waals surface area contributed by atoms with Gasteiger partial charge in [-0.1, -0.05) is 38.3 Å². The topological polar surface area (TPSA) is 175 Å². The lowest BCUT2D eigenvalue weighted by Crippen LogP contribution is -2.54. The molecule has 2 fully saturated rings. The van der Waals surface area contributed by atoms with E-state index in [1.165, 1.54) is 13.0 Å². The molecule has 234 valence electrons. The highest BCUT2D eigenvalue weighted by molar-refractivity contribution is 5.88. The summed E-state index contributed by atoms with van der Waals surface area (Å²) < 4.78 is 10.9. The van der Waals surface area contributed by atoms with Crippen molar-refractivity contribution in [3.63, 3.8) is 0 Å². The van der Waals surface area contributed by atoms with Gasteiger partial charge in [0.05, 0.1) is 25.4 Å². The van der Waals surface area contributed by atoms with Crippen molar-refractivity contribution in [1.82, 2.24) is 10.6 Å². The number of hydrogen-bond donors (Lipinski definition) is 6. The largest absolute Gasteiger partial charge is 0.463 e. The van der Waals surface area contributed by atoms with Crippen molar-refractivity contribution in [2.24, 2.45) is 11.8 Å². The SMILES string of the molecule is C/C(=C\C(=O)OCCCCCCCC(=O)N[C@H]1CCCNC1=O)[C@@H](O)[C@@H]1OC[C@H](C/C=C/[C@@H](C)[C@H](C)O)[C@@H](O)[C@H]1O. The van der Waals surface area contributed by atoms with Crippen molar-refractivity contribution in [2.45, 2.75) is 115 Å². The second kappa shape index (κ2) is 18.3. The highest BCUT2D eigenvalue weighted by atomic mass is 16.5. The number of aliphatic hydroxyl groups excluding tert-OH is 4. The molecule has 0 saturated carbocycles. The van der Waals surface area contributed by atoms with Crippen LogP contribution in [0, 0.1) is 11.8 Å². The summed E-state index contributed by atoms with van der Waals surface area (Å²) in [5, 5.41) is 46.9. The smallest absolute Gasteiger partial charge is 0.330 e. The Labute approximate surface area is 243 Å². The molecule has 2 aliphatic rings. The first kappa shape index (κ1) is 34.9. The van der Waals surface area contributed by atoms with E-state index in [1.54, 1.807) is 6.92 Å². The molecular weight excluding hydrogens is 532 g/mol. The number of rotatable bonds is 16. The number of ether oxygens (including phenoxy) is 2. The number of carbonyl (C=O) groups is 3. The van der Waals surface area contributed by atoms with Crippen LogP contribution in [0.5, 0.6) is 0 Å². The lowest BCUT2D eigenvalue weighted by molar-refractivity contribution is -0.187. The Balaban J connectivity index is 1.61. The molecule has 41 heavy (non-hydrogen) atoms. The van der Waals surface area contributed by atoms with Gasteiger partial charge in [-0.25, -0.2) is 4.79 Å². The molecular formula is C30H50N2O9. The normalized spacial score (nSPS) is 27.6. The van der Waals surface area contributed by atoms with Gasteiger partial charge in [0.25, 0.3) is 0 Å². The third kappa shape index (κ3) is 12.2. The molecule has 0 bridgehead atoms. The van der Waals surface area contributed by atoms with E-state index >= 15 is 0 Å². The summed E-state index contributed by atoms with van der Waals surface area (Å²) in [7, 11) is 0. The van der Waals surface area contributed by atoms with Crippen LogP contribution in [-0.4, -0.2) is 94.5 Å². The van der Waals surface area contributed by atoms with Gasteiger partial charge in [0.15, 0.2) is 0 Å². The Morgan fingerprint density at radius 3 is 2.54 bits per heavy atom. The fourth-order valence-corrected chi connectivity index (χ4v) is 4.86. The number of nitrogens with one attached hydrogen (secondary N) is 2. The summed E-state index contributed by atoms with van der Waals surface area (Å²) >= 11 is 0.